The molecule has 4 aromatic heterocycles. The van der Waals surface area contributed by atoms with E-state index in [9.17, 15) is 18.4 Å². The van der Waals surface area contributed by atoms with Gasteiger partial charge in [0.25, 0.3) is 0 Å². The third-order valence-electron chi connectivity index (χ3n) is 9.11. The van der Waals surface area contributed by atoms with Crippen LogP contribution in [0.1, 0.15) is 43.6 Å². The summed E-state index contributed by atoms with van der Waals surface area (Å²) in [5.74, 6) is -1.21. The number of hydrogen-bond acceptors (Lipinski definition) is 10. The Labute approximate surface area is 257 Å². The number of rotatable bonds is 8. The minimum atomic E-state index is -4.67. The van der Waals surface area contributed by atoms with E-state index < -0.39 is 17.5 Å². The van der Waals surface area contributed by atoms with E-state index in [0.717, 1.165) is 48.2 Å². The molecule has 7 rings (SSSR count). The summed E-state index contributed by atoms with van der Waals surface area (Å²) < 4.78 is 54.1. The summed E-state index contributed by atoms with van der Waals surface area (Å²) in [5, 5.41) is 15.3. The number of halogens is 3. The molecule has 236 valence electrons. The van der Waals surface area contributed by atoms with E-state index >= 15 is 0 Å². The Morgan fingerprint density at radius 3 is 2.67 bits per heavy atom. The topological polar surface area (TPSA) is 134 Å². The minimum Gasteiger partial charge on any atom is -0.474 e. The predicted molar refractivity (Wildman–Crippen MR) is 155 cm³/mol. The number of nitrogens with one attached hydrogen (secondary N) is 1. The van der Waals surface area contributed by atoms with Gasteiger partial charge in [0.1, 0.15) is 18.1 Å². The van der Waals surface area contributed by atoms with E-state index in [2.05, 4.69) is 41.0 Å². The van der Waals surface area contributed by atoms with E-state index in [4.69, 9.17) is 9.47 Å². The van der Waals surface area contributed by atoms with Crippen LogP contribution in [-0.4, -0.2) is 96.0 Å². The molecule has 1 saturated carbocycles. The van der Waals surface area contributed by atoms with Crippen molar-refractivity contribution in [3.63, 3.8) is 0 Å². The molecule has 2 saturated heterocycles. The van der Waals surface area contributed by atoms with Crippen molar-refractivity contribution in [1.82, 2.24) is 44.5 Å². The van der Waals surface area contributed by atoms with Crippen molar-refractivity contribution in [2.75, 3.05) is 39.4 Å². The molecule has 1 N–H and O–H groups in total. The Kier molecular flexibility index (Phi) is 7.88. The summed E-state index contributed by atoms with van der Waals surface area (Å²) in [7, 11) is 0. The highest BCUT2D eigenvalue weighted by atomic mass is 19.4. The first-order valence-corrected chi connectivity index (χ1v) is 15.2. The smallest absolute Gasteiger partial charge is 0.451 e. The van der Waals surface area contributed by atoms with E-state index in [0.29, 0.717) is 45.6 Å². The highest BCUT2D eigenvalue weighted by Crippen LogP contribution is 2.45. The fraction of sp³-hybridized carbons (Fsp3) is 0.533. The predicted octanol–water partition coefficient (Wildman–Crippen LogP) is 3.78. The van der Waals surface area contributed by atoms with Gasteiger partial charge in [0.05, 0.1) is 48.8 Å². The maximum Gasteiger partial charge on any atom is 0.451 e. The number of fused-ring (bicyclic) bond motifs is 1. The lowest BCUT2D eigenvalue weighted by molar-refractivity contribution is -0.145. The standard InChI is InChI=1S/C30H33F3N10O2/c31-30(32,33)28-39-21(18-41-9-11-44-12-10-41)13-25(40-28)45-23-2-7-42(8-3-23)22-14-29(15-22,4-5-34)43-17-20(16-38-43)26-24-1-6-35-27(24)37-19-36-26/h1,6,13,16-17,19,22-23H,2-4,7-12,14-15,18H2,(H,35,36,37)/t22-,29-. The number of aromatic nitrogens is 7. The number of piperidine rings is 1. The summed E-state index contributed by atoms with van der Waals surface area (Å²) in [6.45, 7) is 4.12. The van der Waals surface area contributed by atoms with Crippen LogP contribution in [0, 0.1) is 11.3 Å². The lowest BCUT2D eigenvalue weighted by Crippen LogP contribution is -2.58. The molecule has 4 aromatic rings. The van der Waals surface area contributed by atoms with Crippen LogP contribution < -0.4 is 4.74 Å². The largest absolute Gasteiger partial charge is 0.474 e. The second-order valence-corrected chi connectivity index (χ2v) is 12.0. The molecule has 45 heavy (non-hydrogen) atoms. The highest BCUT2D eigenvalue weighted by molar-refractivity contribution is 5.90. The van der Waals surface area contributed by atoms with E-state index in [1.165, 1.54) is 12.4 Å². The fourth-order valence-electron chi connectivity index (χ4n) is 6.70. The highest BCUT2D eigenvalue weighted by Gasteiger charge is 2.49. The van der Waals surface area contributed by atoms with Gasteiger partial charge in [-0.05, 0) is 31.7 Å². The second kappa shape index (κ2) is 12.0. The van der Waals surface area contributed by atoms with Crippen molar-refractivity contribution in [1.29, 1.82) is 5.26 Å². The Bertz CT molecular complexity index is 1680. The number of nitrogens with zero attached hydrogens (tertiary/aromatic N) is 9. The zero-order valence-electron chi connectivity index (χ0n) is 24.6. The quantitative estimate of drug-likeness (QED) is 0.310. The van der Waals surface area contributed by atoms with Gasteiger partial charge < -0.3 is 14.5 Å². The molecule has 1 aliphatic carbocycles. The zero-order valence-corrected chi connectivity index (χ0v) is 24.6. The number of hydrogen-bond donors (Lipinski definition) is 1. The molecule has 0 spiro atoms. The molecule has 0 radical (unpaired) electrons. The van der Waals surface area contributed by atoms with Gasteiger partial charge in [-0.2, -0.15) is 28.5 Å². The number of aromatic amines is 1. The van der Waals surface area contributed by atoms with E-state index in [1.807, 2.05) is 28.0 Å². The van der Waals surface area contributed by atoms with Crippen LogP contribution >= 0.6 is 0 Å². The molecule has 15 heteroatoms. The monoisotopic (exact) mass is 622 g/mol. The van der Waals surface area contributed by atoms with Crippen LogP contribution in [0.5, 0.6) is 5.88 Å². The molecule has 6 heterocycles. The maximum absolute atomic E-state index is 13.6. The molecular weight excluding hydrogens is 589 g/mol. The number of ether oxygens (including phenoxy) is 2. The molecule has 2 aliphatic heterocycles. The molecule has 3 aliphatic rings. The Morgan fingerprint density at radius 1 is 1.11 bits per heavy atom. The van der Waals surface area contributed by atoms with Gasteiger partial charge in [0.2, 0.25) is 11.7 Å². The van der Waals surface area contributed by atoms with Gasteiger partial charge in [-0.15, -0.1) is 0 Å². The Balaban J connectivity index is 0.981. The first-order chi connectivity index (χ1) is 21.8. The third-order valence-corrected chi connectivity index (χ3v) is 9.11. The lowest BCUT2D eigenvalue weighted by Gasteiger charge is -2.52. The average Bonchev–Trinajstić information content (AvgIpc) is 3.70. The van der Waals surface area contributed by atoms with E-state index in [-0.39, 0.29) is 30.3 Å². The molecular formula is C30H33F3N10O2. The minimum absolute atomic E-state index is 0.0363. The average molecular weight is 623 g/mol. The van der Waals surface area contributed by atoms with Crippen LogP contribution in [0.4, 0.5) is 13.2 Å². The Hall–Kier alpha value is -4.13. The summed E-state index contributed by atoms with van der Waals surface area (Å²) in [5.41, 5.74) is 2.30. The van der Waals surface area contributed by atoms with Gasteiger partial charge in [-0.3, -0.25) is 14.5 Å². The molecule has 0 aromatic carbocycles. The number of H-pyrrole nitrogens is 1. The van der Waals surface area contributed by atoms with Crippen molar-refractivity contribution < 1.29 is 22.6 Å². The molecule has 0 atom stereocenters. The van der Waals surface area contributed by atoms with E-state index in [1.54, 1.807) is 6.20 Å². The van der Waals surface area contributed by atoms with Crippen molar-refractivity contribution in [3.05, 3.63) is 48.6 Å². The fourth-order valence-corrected chi connectivity index (χ4v) is 6.70. The third kappa shape index (κ3) is 6.09. The zero-order chi connectivity index (χ0) is 31.0. The second-order valence-electron chi connectivity index (χ2n) is 12.0. The number of likely N-dealkylation sites (tertiary alicyclic amines) is 1. The van der Waals surface area contributed by atoms with Crippen molar-refractivity contribution >= 4 is 11.0 Å². The van der Waals surface area contributed by atoms with Gasteiger partial charge >= 0.3 is 6.18 Å². The number of alkyl halides is 3. The first kappa shape index (κ1) is 29.6. The molecule has 3 fully saturated rings. The van der Waals surface area contributed by atoms with Gasteiger partial charge in [0, 0.05) is 68.2 Å². The summed E-state index contributed by atoms with van der Waals surface area (Å²) in [6, 6.07) is 6.09. The molecule has 0 bridgehead atoms. The van der Waals surface area contributed by atoms with Crippen LogP contribution in [0.2, 0.25) is 0 Å². The van der Waals surface area contributed by atoms with Crippen LogP contribution in [0.3, 0.4) is 0 Å². The van der Waals surface area contributed by atoms with Crippen LogP contribution in [0.15, 0.2) is 37.1 Å². The molecule has 0 amide bonds. The van der Waals surface area contributed by atoms with Gasteiger partial charge in [-0.25, -0.2) is 15.0 Å². The normalized spacial score (nSPS) is 23.6. The van der Waals surface area contributed by atoms with Crippen molar-refractivity contribution in [2.24, 2.45) is 0 Å². The summed E-state index contributed by atoms with van der Waals surface area (Å²) in [4.78, 5) is 23.7. The van der Waals surface area contributed by atoms with Crippen LogP contribution in [0.25, 0.3) is 22.3 Å². The Morgan fingerprint density at radius 2 is 1.91 bits per heavy atom. The van der Waals surface area contributed by atoms with Crippen molar-refractivity contribution in [2.45, 2.75) is 62.5 Å². The van der Waals surface area contributed by atoms with Crippen LogP contribution in [-0.2, 0) is 23.0 Å². The molecule has 0 unspecified atom stereocenters. The summed E-state index contributed by atoms with van der Waals surface area (Å²) in [6.07, 6.45) is 5.42. The SMILES string of the molecule is N#CC[C@]1(n2cc(-c3ncnc4[nH]ccc34)cn2)C[C@H](N2CCC(Oc3cc(CN4CCOCC4)nc(C(F)(F)F)n3)CC2)C1. The summed E-state index contributed by atoms with van der Waals surface area (Å²) >= 11 is 0. The van der Waals surface area contributed by atoms with Crippen molar-refractivity contribution in [3.8, 4) is 23.2 Å². The lowest BCUT2D eigenvalue weighted by atomic mass is 9.69. The number of nitriles is 1. The number of morpholine rings is 1. The van der Waals surface area contributed by atoms with Gasteiger partial charge in [-0.1, -0.05) is 0 Å². The maximum atomic E-state index is 13.6. The molecule has 12 nitrogen and oxygen atoms in total. The first-order valence-electron chi connectivity index (χ1n) is 15.2. The van der Waals surface area contributed by atoms with Gasteiger partial charge in [0.15, 0.2) is 0 Å².